The normalized spacial score (nSPS) is 12.6. The molecule has 6 nitrogen and oxygen atoms in total. The molecule has 0 spiro atoms. The number of carbonyl (C=O) groups is 1. The number of tetrazole rings is 1. The summed E-state index contributed by atoms with van der Waals surface area (Å²) in [5.41, 5.74) is 0.734. The van der Waals surface area contributed by atoms with Crippen LogP contribution in [0.4, 0.5) is 17.6 Å². The average Bonchev–Trinajstić information content (AvgIpc) is 3.09. The average molecular weight is 412 g/mol. The second-order valence-corrected chi connectivity index (χ2v) is 6.85. The van der Waals surface area contributed by atoms with Crippen LogP contribution in [-0.2, 0) is 0 Å². The molecular formula is C17H12F4N4O2S. The third kappa shape index (κ3) is 4.85. The van der Waals surface area contributed by atoms with Gasteiger partial charge in [-0.15, -0.1) is 18.3 Å². The summed E-state index contributed by atoms with van der Waals surface area (Å²) in [6.07, 6.45) is -4.78. The van der Waals surface area contributed by atoms with Gasteiger partial charge in [0.05, 0.1) is 10.9 Å². The van der Waals surface area contributed by atoms with Crippen molar-refractivity contribution >= 4 is 17.5 Å². The van der Waals surface area contributed by atoms with E-state index in [1.165, 1.54) is 41.1 Å². The van der Waals surface area contributed by atoms with Crippen LogP contribution in [0.5, 0.6) is 5.75 Å². The number of halogens is 4. The number of hydrogen-bond acceptors (Lipinski definition) is 6. The van der Waals surface area contributed by atoms with E-state index in [1.54, 1.807) is 6.92 Å². The van der Waals surface area contributed by atoms with E-state index in [2.05, 4.69) is 20.3 Å². The molecule has 1 atom stereocenters. The van der Waals surface area contributed by atoms with Gasteiger partial charge in [-0.05, 0) is 65.9 Å². The minimum Gasteiger partial charge on any atom is -0.406 e. The first kappa shape index (κ1) is 19.8. The molecule has 0 aliphatic carbocycles. The van der Waals surface area contributed by atoms with Crippen LogP contribution in [0.3, 0.4) is 0 Å². The largest absolute Gasteiger partial charge is 0.573 e. The molecule has 3 aromatic rings. The number of alkyl halides is 3. The van der Waals surface area contributed by atoms with Gasteiger partial charge in [0, 0.05) is 5.56 Å². The molecule has 0 unspecified atom stereocenters. The van der Waals surface area contributed by atoms with E-state index in [0.717, 1.165) is 23.9 Å². The lowest BCUT2D eigenvalue weighted by Crippen LogP contribution is -2.17. The fourth-order valence-electron chi connectivity index (χ4n) is 2.26. The van der Waals surface area contributed by atoms with Gasteiger partial charge < -0.3 is 4.74 Å². The second kappa shape index (κ2) is 7.97. The monoisotopic (exact) mass is 412 g/mol. The van der Waals surface area contributed by atoms with Crippen molar-refractivity contribution < 1.29 is 27.1 Å². The molecule has 11 heteroatoms. The van der Waals surface area contributed by atoms with Crippen molar-refractivity contribution in [2.24, 2.45) is 0 Å². The smallest absolute Gasteiger partial charge is 0.406 e. The van der Waals surface area contributed by atoms with Gasteiger partial charge in [0.15, 0.2) is 5.78 Å². The van der Waals surface area contributed by atoms with Crippen LogP contribution in [0.15, 0.2) is 53.7 Å². The van der Waals surface area contributed by atoms with Crippen molar-refractivity contribution in [2.75, 3.05) is 0 Å². The molecule has 146 valence electrons. The Labute approximate surface area is 160 Å². The first-order valence-electron chi connectivity index (χ1n) is 7.84. The molecule has 0 aliphatic heterocycles. The number of ether oxygens (including phenoxy) is 1. The summed E-state index contributed by atoms with van der Waals surface area (Å²) < 4.78 is 54.8. The van der Waals surface area contributed by atoms with Crippen LogP contribution < -0.4 is 4.74 Å². The van der Waals surface area contributed by atoms with E-state index < -0.39 is 17.4 Å². The first-order valence-corrected chi connectivity index (χ1v) is 8.72. The maximum absolute atomic E-state index is 13.0. The highest BCUT2D eigenvalue weighted by Crippen LogP contribution is 2.27. The van der Waals surface area contributed by atoms with Gasteiger partial charge in [0.1, 0.15) is 11.6 Å². The summed E-state index contributed by atoms with van der Waals surface area (Å²) >= 11 is 1.07. The zero-order valence-electron chi connectivity index (χ0n) is 14.2. The van der Waals surface area contributed by atoms with Crippen molar-refractivity contribution in [3.05, 3.63) is 59.9 Å². The number of nitrogens with zero attached hydrogens (tertiary/aromatic N) is 4. The molecule has 0 bridgehead atoms. The van der Waals surface area contributed by atoms with Crippen LogP contribution in [0.2, 0.25) is 0 Å². The molecule has 0 N–H and O–H groups in total. The lowest BCUT2D eigenvalue weighted by Gasteiger charge is -2.11. The van der Waals surface area contributed by atoms with Gasteiger partial charge in [0.2, 0.25) is 5.16 Å². The quantitative estimate of drug-likeness (QED) is 0.346. The maximum atomic E-state index is 13.0. The molecule has 0 saturated heterocycles. The Hall–Kier alpha value is -2.95. The lowest BCUT2D eigenvalue weighted by atomic mass is 10.1. The number of hydrogen-bond donors (Lipinski definition) is 0. The summed E-state index contributed by atoms with van der Waals surface area (Å²) in [7, 11) is 0. The molecule has 0 aliphatic rings. The van der Waals surface area contributed by atoms with E-state index in [0.29, 0.717) is 11.3 Å². The molecule has 28 heavy (non-hydrogen) atoms. The molecular weight excluding hydrogens is 400 g/mol. The fraction of sp³-hybridized carbons (Fsp3) is 0.176. The fourth-order valence-corrected chi connectivity index (χ4v) is 3.15. The van der Waals surface area contributed by atoms with Gasteiger partial charge >= 0.3 is 6.36 Å². The van der Waals surface area contributed by atoms with Crippen molar-refractivity contribution in [2.45, 2.75) is 23.7 Å². The molecule has 0 amide bonds. The summed E-state index contributed by atoms with van der Waals surface area (Å²) in [5, 5.41) is 10.9. The number of aromatic nitrogens is 4. The Kier molecular flexibility index (Phi) is 5.63. The lowest BCUT2D eigenvalue weighted by molar-refractivity contribution is -0.274. The number of carbonyl (C=O) groups excluding carboxylic acids is 1. The molecule has 2 aromatic carbocycles. The van der Waals surface area contributed by atoms with Gasteiger partial charge in [-0.25, -0.2) is 4.39 Å². The predicted octanol–water partition coefficient (Wildman–Crippen LogP) is 4.06. The van der Waals surface area contributed by atoms with E-state index >= 15 is 0 Å². The van der Waals surface area contributed by atoms with Crippen molar-refractivity contribution in [3.63, 3.8) is 0 Å². The zero-order valence-corrected chi connectivity index (χ0v) is 15.0. The van der Waals surface area contributed by atoms with Crippen LogP contribution >= 0.6 is 11.8 Å². The Morgan fingerprint density at radius 3 is 2.36 bits per heavy atom. The molecule has 1 aromatic heterocycles. The van der Waals surface area contributed by atoms with Gasteiger partial charge in [-0.3, -0.25) is 4.79 Å². The van der Waals surface area contributed by atoms with Crippen molar-refractivity contribution in [1.29, 1.82) is 0 Å². The zero-order chi connectivity index (χ0) is 20.3. The molecule has 3 rings (SSSR count). The number of benzene rings is 2. The van der Waals surface area contributed by atoms with E-state index in [1.807, 2.05) is 0 Å². The van der Waals surface area contributed by atoms with Crippen LogP contribution in [-0.4, -0.2) is 37.6 Å². The molecule has 0 saturated carbocycles. The minimum absolute atomic E-state index is 0.242. The summed E-state index contributed by atoms with van der Waals surface area (Å²) in [5.74, 6) is -1.06. The minimum atomic E-state index is -4.78. The molecule has 1 heterocycles. The Balaban J connectivity index is 1.74. The highest BCUT2D eigenvalue weighted by Gasteiger charge is 2.31. The number of ketones is 1. The van der Waals surface area contributed by atoms with Crippen LogP contribution in [0.25, 0.3) is 5.69 Å². The van der Waals surface area contributed by atoms with Gasteiger partial charge in [0.25, 0.3) is 0 Å². The van der Waals surface area contributed by atoms with Crippen LogP contribution in [0.1, 0.15) is 17.3 Å². The predicted molar refractivity (Wildman–Crippen MR) is 91.9 cm³/mol. The Morgan fingerprint density at radius 1 is 1.11 bits per heavy atom. The summed E-state index contributed by atoms with van der Waals surface area (Å²) in [6, 6.07) is 10.1. The SMILES string of the molecule is C[C@@H](Sc1nnnn1-c1ccc(OC(F)(F)F)cc1)C(=O)c1ccc(F)cc1. The maximum Gasteiger partial charge on any atom is 0.573 e. The third-order valence-electron chi connectivity index (χ3n) is 3.54. The summed E-state index contributed by atoms with van der Waals surface area (Å²) in [6.45, 7) is 1.65. The first-order chi connectivity index (χ1) is 13.2. The Morgan fingerprint density at radius 2 is 1.75 bits per heavy atom. The number of Topliss-reactive ketones (excluding diaryl/α,β-unsaturated/α-hetero) is 1. The van der Waals surface area contributed by atoms with E-state index in [-0.39, 0.29) is 16.7 Å². The number of rotatable bonds is 6. The molecule has 0 radical (unpaired) electrons. The van der Waals surface area contributed by atoms with E-state index in [9.17, 15) is 22.4 Å². The van der Waals surface area contributed by atoms with Gasteiger partial charge in [-0.1, -0.05) is 11.8 Å². The van der Waals surface area contributed by atoms with Crippen molar-refractivity contribution in [1.82, 2.24) is 20.2 Å². The Bertz CT molecular complexity index is 959. The standard InChI is InChI=1S/C17H12F4N4O2S/c1-10(15(26)11-2-4-12(18)5-3-11)28-16-22-23-24-25(16)13-6-8-14(9-7-13)27-17(19,20)21/h2-10H,1H3/t10-/m1/s1. The van der Waals surface area contributed by atoms with Gasteiger partial charge in [-0.2, -0.15) is 4.68 Å². The summed E-state index contributed by atoms with van der Waals surface area (Å²) in [4.78, 5) is 12.5. The third-order valence-corrected chi connectivity index (χ3v) is 4.57. The number of thioether (sulfide) groups is 1. The topological polar surface area (TPSA) is 69.9 Å². The van der Waals surface area contributed by atoms with E-state index in [4.69, 9.17) is 0 Å². The second-order valence-electron chi connectivity index (χ2n) is 5.55. The van der Waals surface area contributed by atoms with Crippen molar-refractivity contribution in [3.8, 4) is 11.4 Å². The highest BCUT2D eigenvalue weighted by molar-refractivity contribution is 8.00. The highest BCUT2D eigenvalue weighted by atomic mass is 32.2. The van der Waals surface area contributed by atoms with Crippen LogP contribution in [0, 0.1) is 5.82 Å². The molecule has 0 fully saturated rings.